The van der Waals surface area contributed by atoms with Crippen LogP contribution in [-0.2, 0) is 6.54 Å². The smallest absolute Gasteiger partial charge is 0.319 e. The number of hydrogen-bond donors (Lipinski definition) is 0. The molecule has 4 rings (SSSR count). The Bertz CT molecular complexity index is 1130. The number of benzene rings is 1. The highest BCUT2D eigenvalue weighted by Gasteiger charge is 2.32. The zero-order valence-electron chi connectivity index (χ0n) is 19.7. The summed E-state index contributed by atoms with van der Waals surface area (Å²) in [7, 11) is 5.54. The molecule has 1 saturated heterocycles. The number of amides is 3. The number of carbonyl (C=O) groups excluding carboxylic acids is 2. The number of urea groups is 1. The van der Waals surface area contributed by atoms with Crippen LogP contribution < -0.4 is 0 Å². The maximum Gasteiger partial charge on any atom is 0.319 e. The van der Waals surface area contributed by atoms with E-state index in [1.165, 1.54) is 0 Å². The number of nitrogens with zero attached hydrogens (tertiary/aromatic N) is 7. The zero-order valence-corrected chi connectivity index (χ0v) is 19.7. The third-order valence-corrected chi connectivity index (χ3v) is 6.16. The number of likely N-dealkylation sites (N-methyl/N-ethyl adjacent to an activating group) is 1. The minimum Gasteiger partial charge on any atom is -0.335 e. The van der Waals surface area contributed by atoms with Crippen molar-refractivity contribution in [2.24, 2.45) is 0 Å². The second kappa shape index (κ2) is 9.58. The summed E-state index contributed by atoms with van der Waals surface area (Å²) in [5.74, 6) is 0.689. The molecule has 3 heterocycles. The molecule has 0 aliphatic carbocycles. The summed E-state index contributed by atoms with van der Waals surface area (Å²) in [5, 5.41) is 8.75. The molecule has 1 fully saturated rings. The van der Waals surface area contributed by atoms with Gasteiger partial charge in [0.2, 0.25) is 0 Å². The number of rotatable bonds is 5. The van der Waals surface area contributed by atoms with Gasteiger partial charge in [-0.3, -0.25) is 14.1 Å². The molecular weight excluding hydrogens is 418 g/mol. The molecule has 0 N–H and O–H groups in total. The minimum absolute atomic E-state index is 0.0164. The van der Waals surface area contributed by atoms with Crippen LogP contribution in [0.4, 0.5) is 4.79 Å². The molecule has 0 radical (unpaired) electrons. The summed E-state index contributed by atoms with van der Waals surface area (Å²) in [6.45, 7) is 5.05. The Morgan fingerprint density at radius 1 is 1.06 bits per heavy atom. The van der Waals surface area contributed by atoms with Gasteiger partial charge in [0.1, 0.15) is 0 Å². The number of carbonyl (C=O) groups is 2. The second-order valence-corrected chi connectivity index (χ2v) is 8.63. The number of piperazine rings is 1. The monoisotopic (exact) mass is 449 g/mol. The SMILES string of the molecule is CCN(Cc1ccccc1)C(=O)c1ccc2nnc([C@H]3CN(C(=O)N(C)C)CCN3C)n2c1. The number of pyridine rings is 1. The normalized spacial score (nSPS) is 16.7. The fraction of sp³-hybridized carbons (Fsp3) is 0.417. The van der Waals surface area contributed by atoms with Crippen LogP contribution in [0.5, 0.6) is 0 Å². The first kappa shape index (κ1) is 22.7. The van der Waals surface area contributed by atoms with Gasteiger partial charge in [-0.05, 0) is 31.7 Å². The lowest BCUT2D eigenvalue weighted by molar-refractivity contribution is 0.0752. The number of fused-ring (bicyclic) bond motifs is 1. The summed E-state index contributed by atoms with van der Waals surface area (Å²) >= 11 is 0. The van der Waals surface area contributed by atoms with Crippen molar-refractivity contribution in [1.29, 1.82) is 0 Å². The van der Waals surface area contributed by atoms with Crippen LogP contribution in [0.1, 0.15) is 34.7 Å². The summed E-state index contributed by atoms with van der Waals surface area (Å²) in [4.78, 5) is 33.3. The number of aromatic nitrogens is 3. The van der Waals surface area contributed by atoms with Crippen molar-refractivity contribution in [3.63, 3.8) is 0 Å². The van der Waals surface area contributed by atoms with E-state index in [0.29, 0.717) is 37.4 Å². The van der Waals surface area contributed by atoms with Gasteiger partial charge in [-0.15, -0.1) is 10.2 Å². The maximum absolute atomic E-state index is 13.3. The largest absolute Gasteiger partial charge is 0.335 e. The molecule has 0 bridgehead atoms. The topological polar surface area (TPSA) is 77.3 Å². The average Bonchev–Trinajstić information content (AvgIpc) is 3.25. The fourth-order valence-corrected chi connectivity index (χ4v) is 4.18. The molecule has 9 nitrogen and oxygen atoms in total. The predicted octanol–water partition coefficient (Wildman–Crippen LogP) is 2.36. The van der Waals surface area contributed by atoms with E-state index in [-0.39, 0.29) is 18.0 Å². The Balaban J connectivity index is 1.61. The first-order valence-corrected chi connectivity index (χ1v) is 11.2. The van der Waals surface area contributed by atoms with Crippen molar-refractivity contribution in [3.05, 3.63) is 65.6 Å². The maximum atomic E-state index is 13.3. The highest BCUT2D eigenvalue weighted by molar-refractivity contribution is 5.94. The molecular formula is C24H31N7O2. The van der Waals surface area contributed by atoms with Crippen LogP contribution in [0, 0.1) is 0 Å². The molecule has 9 heteroatoms. The molecule has 0 spiro atoms. The molecule has 3 aromatic rings. The first-order valence-electron chi connectivity index (χ1n) is 11.2. The van der Waals surface area contributed by atoms with Gasteiger partial charge in [0.25, 0.3) is 5.91 Å². The van der Waals surface area contributed by atoms with Crippen LogP contribution in [-0.4, -0.2) is 93.5 Å². The molecule has 1 aliphatic rings. The highest BCUT2D eigenvalue weighted by atomic mass is 16.2. The third kappa shape index (κ3) is 4.68. The van der Waals surface area contributed by atoms with E-state index in [9.17, 15) is 9.59 Å². The van der Waals surface area contributed by atoms with Crippen molar-refractivity contribution in [2.45, 2.75) is 19.5 Å². The zero-order chi connectivity index (χ0) is 23.5. The molecule has 2 aromatic heterocycles. The van der Waals surface area contributed by atoms with Crippen molar-refractivity contribution in [3.8, 4) is 0 Å². The molecule has 0 unspecified atom stereocenters. The van der Waals surface area contributed by atoms with Gasteiger partial charge >= 0.3 is 6.03 Å². The van der Waals surface area contributed by atoms with Crippen LogP contribution >= 0.6 is 0 Å². The quantitative estimate of drug-likeness (QED) is 0.598. The molecule has 1 aromatic carbocycles. The molecule has 0 saturated carbocycles. The summed E-state index contributed by atoms with van der Waals surface area (Å²) < 4.78 is 1.88. The van der Waals surface area contributed by atoms with E-state index in [1.54, 1.807) is 25.1 Å². The lowest BCUT2D eigenvalue weighted by atomic mass is 10.1. The average molecular weight is 450 g/mol. The van der Waals surface area contributed by atoms with E-state index in [2.05, 4.69) is 15.1 Å². The lowest BCUT2D eigenvalue weighted by Crippen LogP contribution is -2.52. The van der Waals surface area contributed by atoms with Gasteiger partial charge in [0, 0.05) is 53.0 Å². The molecule has 174 valence electrons. The Hall–Kier alpha value is -3.46. The van der Waals surface area contributed by atoms with Gasteiger partial charge in [-0.1, -0.05) is 30.3 Å². The Morgan fingerprint density at radius 3 is 2.52 bits per heavy atom. The van der Waals surface area contributed by atoms with Crippen molar-refractivity contribution < 1.29 is 9.59 Å². The summed E-state index contributed by atoms with van der Waals surface area (Å²) in [5.41, 5.74) is 2.35. The standard InChI is InChI=1S/C24H31N7O2/c1-5-29(15-18-9-7-6-8-10-18)23(32)19-11-12-21-25-26-22(31(21)16-19)20-17-30(14-13-28(20)4)24(33)27(2)3/h6-12,16,20H,5,13-15,17H2,1-4H3/t20-/m1/s1. The van der Waals surface area contributed by atoms with Crippen LogP contribution in [0.2, 0.25) is 0 Å². The van der Waals surface area contributed by atoms with Crippen molar-refractivity contribution in [1.82, 2.24) is 34.2 Å². The van der Waals surface area contributed by atoms with E-state index in [4.69, 9.17) is 0 Å². The van der Waals surface area contributed by atoms with E-state index < -0.39 is 0 Å². The summed E-state index contributed by atoms with van der Waals surface area (Å²) in [6.07, 6.45) is 1.82. The fourth-order valence-electron chi connectivity index (χ4n) is 4.18. The molecule has 1 atom stereocenters. The third-order valence-electron chi connectivity index (χ3n) is 6.16. The van der Waals surface area contributed by atoms with Gasteiger partial charge in [-0.25, -0.2) is 4.79 Å². The molecule has 1 aliphatic heterocycles. The number of hydrogen-bond acceptors (Lipinski definition) is 5. The van der Waals surface area contributed by atoms with Gasteiger partial charge < -0.3 is 14.7 Å². The lowest BCUT2D eigenvalue weighted by Gasteiger charge is -2.39. The first-order chi connectivity index (χ1) is 15.9. The van der Waals surface area contributed by atoms with Crippen LogP contribution in [0.15, 0.2) is 48.7 Å². The predicted molar refractivity (Wildman–Crippen MR) is 126 cm³/mol. The van der Waals surface area contributed by atoms with E-state index >= 15 is 0 Å². The van der Waals surface area contributed by atoms with E-state index in [1.807, 2.05) is 70.8 Å². The Labute approximate surface area is 194 Å². The van der Waals surface area contributed by atoms with Crippen molar-refractivity contribution >= 4 is 17.6 Å². The van der Waals surface area contributed by atoms with Gasteiger partial charge in [-0.2, -0.15) is 0 Å². The molecule has 33 heavy (non-hydrogen) atoms. The van der Waals surface area contributed by atoms with Gasteiger partial charge in [0.15, 0.2) is 11.5 Å². The summed E-state index contributed by atoms with van der Waals surface area (Å²) in [6, 6.07) is 13.5. The minimum atomic E-state index is -0.116. The molecule has 3 amide bonds. The van der Waals surface area contributed by atoms with Crippen molar-refractivity contribution in [2.75, 3.05) is 47.3 Å². The van der Waals surface area contributed by atoms with Crippen LogP contribution in [0.25, 0.3) is 5.65 Å². The highest BCUT2D eigenvalue weighted by Crippen LogP contribution is 2.24. The Morgan fingerprint density at radius 2 is 1.82 bits per heavy atom. The second-order valence-electron chi connectivity index (χ2n) is 8.63. The Kier molecular flexibility index (Phi) is 6.60. The van der Waals surface area contributed by atoms with Crippen LogP contribution in [0.3, 0.4) is 0 Å². The van der Waals surface area contributed by atoms with E-state index in [0.717, 1.165) is 17.9 Å². The van der Waals surface area contributed by atoms with Gasteiger partial charge in [0.05, 0.1) is 11.6 Å².